The third kappa shape index (κ3) is 3.39. The zero-order valence-electron chi connectivity index (χ0n) is 17.6. The molecule has 2 aliphatic rings. The van der Waals surface area contributed by atoms with Crippen LogP contribution < -0.4 is 20.1 Å². The molecular formula is C23H23N5O3. The molecule has 158 valence electrons. The molecule has 0 radical (unpaired) electrons. The lowest BCUT2D eigenvalue weighted by Crippen LogP contribution is -2.31. The molecule has 0 fully saturated rings. The van der Waals surface area contributed by atoms with E-state index in [0.717, 1.165) is 22.5 Å². The van der Waals surface area contributed by atoms with Crippen LogP contribution in [0.25, 0.3) is 0 Å². The van der Waals surface area contributed by atoms with Crippen molar-refractivity contribution in [3.05, 3.63) is 70.7 Å². The van der Waals surface area contributed by atoms with Crippen LogP contribution in [0.4, 0.5) is 11.6 Å². The van der Waals surface area contributed by atoms with E-state index in [1.807, 2.05) is 63.2 Å². The van der Waals surface area contributed by atoms with E-state index in [1.165, 1.54) is 0 Å². The van der Waals surface area contributed by atoms with Gasteiger partial charge in [-0.15, -0.1) is 0 Å². The number of hydrogen-bond donors (Lipinski definition) is 2. The summed E-state index contributed by atoms with van der Waals surface area (Å²) in [5.41, 5.74) is 3.93. The summed E-state index contributed by atoms with van der Waals surface area (Å²) in [6.45, 7) is 6.69. The Balaban J connectivity index is 1.60. The van der Waals surface area contributed by atoms with E-state index in [0.29, 0.717) is 42.1 Å². The Kier molecular flexibility index (Phi) is 4.62. The van der Waals surface area contributed by atoms with Crippen LogP contribution in [-0.4, -0.2) is 33.9 Å². The standard InChI is InChI=1S/C23H23N5O3/c1-13-6-4-5-7-17(13)26-22(29)20-14(2)24-23-25-15(3)27-28(23)21(20)16-8-9-18-19(12-16)31-11-10-30-18/h4-9,12,21H,10-11H2,1-3H3,(H,26,29)(H,24,25,27). The Bertz CT molecular complexity index is 1210. The molecule has 1 unspecified atom stereocenters. The topological polar surface area (TPSA) is 90.3 Å². The van der Waals surface area contributed by atoms with Crippen LogP contribution in [0.1, 0.15) is 29.9 Å². The summed E-state index contributed by atoms with van der Waals surface area (Å²) in [4.78, 5) is 18.0. The summed E-state index contributed by atoms with van der Waals surface area (Å²) in [6, 6.07) is 13.0. The molecule has 0 aliphatic carbocycles. The fourth-order valence-electron chi connectivity index (χ4n) is 3.99. The highest BCUT2D eigenvalue weighted by molar-refractivity contribution is 6.06. The number of aromatic nitrogens is 3. The van der Waals surface area contributed by atoms with E-state index < -0.39 is 6.04 Å². The minimum atomic E-state index is -0.461. The number of anilines is 2. The molecule has 0 spiro atoms. The molecule has 1 atom stereocenters. The molecule has 2 aromatic carbocycles. The lowest BCUT2D eigenvalue weighted by molar-refractivity contribution is -0.113. The van der Waals surface area contributed by atoms with Gasteiger partial charge in [0.15, 0.2) is 11.5 Å². The maximum Gasteiger partial charge on any atom is 0.255 e. The smallest absolute Gasteiger partial charge is 0.255 e. The van der Waals surface area contributed by atoms with E-state index in [2.05, 4.69) is 20.7 Å². The molecule has 5 rings (SSSR count). The number of aryl methyl sites for hydroxylation is 2. The summed E-state index contributed by atoms with van der Waals surface area (Å²) in [5.74, 6) is 2.39. The Labute approximate surface area is 179 Å². The number of ether oxygens (including phenoxy) is 2. The fourth-order valence-corrected chi connectivity index (χ4v) is 3.99. The van der Waals surface area contributed by atoms with Crippen molar-refractivity contribution in [2.45, 2.75) is 26.8 Å². The van der Waals surface area contributed by atoms with Crippen LogP contribution in [0.3, 0.4) is 0 Å². The molecule has 8 heteroatoms. The van der Waals surface area contributed by atoms with Crippen molar-refractivity contribution < 1.29 is 14.3 Å². The normalized spacial score (nSPS) is 17.1. The van der Waals surface area contributed by atoms with Gasteiger partial charge in [0.25, 0.3) is 5.91 Å². The number of nitrogens with one attached hydrogen (secondary N) is 2. The predicted octanol–water partition coefficient (Wildman–Crippen LogP) is 3.59. The van der Waals surface area contributed by atoms with Gasteiger partial charge in [0, 0.05) is 11.4 Å². The highest BCUT2D eigenvalue weighted by atomic mass is 16.6. The maximum absolute atomic E-state index is 13.5. The summed E-state index contributed by atoms with van der Waals surface area (Å²) in [5, 5.41) is 10.9. The minimum Gasteiger partial charge on any atom is -0.486 e. The first kappa shape index (κ1) is 19.2. The van der Waals surface area contributed by atoms with Crippen LogP contribution >= 0.6 is 0 Å². The molecule has 8 nitrogen and oxygen atoms in total. The number of fused-ring (bicyclic) bond motifs is 2. The van der Waals surface area contributed by atoms with E-state index in [4.69, 9.17) is 9.47 Å². The van der Waals surface area contributed by atoms with Gasteiger partial charge >= 0.3 is 0 Å². The summed E-state index contributed by atoms with van der Waals surface area (Å²) < 4.78 is 13.2. The first-order valence-electron chi connectivity index (χ1n) is 10.2. The van der Waals surface area contributed by atoms with Crippen molar-refractivity contribution in [2.24, 2.45) is 0 Å². The number of carbonyl (C=O) groups is 1. The molecule has 1 aromatic heterocycles. The third-order valence-corrected chi connectivity index (χ3v) is 5.48. The summed E-state index contributed by atoms with van der Waals surface area (Å²) in [6.07, 6.45) is 0. The van der Waals surface area contributed by atoms with Crippen LogP contribution in [0.5, 0.6) is 11.5 Å². The Morgan fingerprint density at radius 3 is 2.68 bits per heavy atom. The Morgan fingerprint density at radius 1 is 1.10 bits per heavy atom. The third-order valence-electron chi connectivity index (χ3n) is 5.48. The molecule has 0 saturated carbocycles. The van der Waals surface area contributed by atoms with Crippen LogP contribution in [0, 0.1) is 13.8 Å². The number of nitrogens with zero attached hydrogens (tertiary/aromatic N) is 3. The van der Waals surface area contributed by atoms with E-state index in [1.54, 1.807) is 4.68 Å². The lowest BCUT2D eigenvalue weighted by atomic mass is 9.94. The van der Waals surface area contributed by atoms with E-state index in [9.17, 15) is 4.79 Å². The predicted molar refractivity (Wildman–Crippen MR) is 116 cm³/mol. The van der Waals surface area contributed by atoms with Crippen LogP contribution in [-0.2, 0) is 4.79 Å². The number of rotatable bonds is 3. The average Bonchev–Trinajstić information content (AvgIpc) is 3.13. The molecule has 2 N–H and O–H groups in total. The van der Waals surface area contributed by atoms with Crippen molar-refractivity contribution >= 4 is 17.5 Å². The lowest BCUT2D eigenvalue weighted by Gasteiger charge is -2.29. The molecule has 0 bridgehead atoms. The second kappa shape index (κ2) is 7.46. The quantitative estimate of drug-likeness (QED) is 0.677. The summed E-state index contributed by atoms with van der Waals surface area (Å²) >= 11 is 0. The van der Waals surface area contributed by atoms with Crippen molar-refractivity contribution in [1.29, 1.82) is 0 Å². The maximum atomic E-state index is 13.5. The van der Waals surface area contributed by atoms with Gasteiger partial charge in [-0.2, -0.15) is 10.1 Å². The summed E-state index contributed by atoms with van der Waals surface area (Å²) in [7, 11) is 0. The number of benzene rings is 2. The highest BCUT2D eigenvalue weighted by Crippen LogP contribution is 2.40. The van der Waals surface area contributed by atoms with Gasteiger partial charge in [0.05, 0.1) is 5.57 Å². The zero-order chi connectivity index (χ0) is 21.5. The number of amides is 1. The number of allylic oxidation sites excluding steroid dienone is 1. The van der Waals surface area contributed by atoms with Gasteiger partial charge in [0.2, 0.25) is 5.95 Å². The van der Waals surface area contributed by atoms with Gasteiger partial charge in [-0.05, 0) is 50.1 Å². The molecule has 1 amide bonds. The van der Waals surface area contributed by atoms with Crippen molar-refractivity contribution in [3.8, 4) is 11.5 Å². The van der Waals surface area contributed by atoms with E-state index in [-0.39, 0.29) is 5.91 Å². The second-order valence-corrected chi connectivity index (χ2v) is 7.67. The fraction of sp³-hybridized carbons (Fsp3) is 0.261. The average molecular weight is 417 g/mol. The first-order chi connectivity index (χ1) is 15.0. The monoisotopic (exact) mass is 417 g/mol. The highest BCUT2D eigenvalue weighted by Gasteiger charge is 2.34. The first-order valence-corrected chi connectivity index (χ1v) is 10.2. The van der Waals surface area contributed by atoms with Crippen molar-refractivity contribution in [3.63, 3.8) is 0 Å². The SMILES string of the molecule is CC1=C(C(=O)Nc2ccccc2C)C(c2ccc3c(c2)OCCO3)n2nc(C)nc2N1. The molecule has 2 aliphatic heterocycles. The number of carbonyl (C=O) groups excluding carboxylic acids is 1. The van der Waals surface area contributed by atoms with Gasteiger partial charge < -0.3 is 20.1 Å². The van der Waals surface area contributed by atoms with Crippen molar-refractivity contribution in [1.82, 2.24) is 14.8 Å². The molecule has 3 aromatic rings. The molecular weight excluding hydrogens is 394 g/mol. The van der Waals surface area contributed by atoms with Gasteiger partial charge in [-0.1, -0.05) is 24.3 Å². The zero-order valence-corrected chi connectivity index (χ0v) is 17.6. The van der Waals surface area contributed by atoms with Crippen LogP contribution in [0.2, 0.25) is 0 Å². The molecule has 0 saturated heterocycles. The van der Waals surface area contributed by atoms with Gasteiger partial charge in [-0.25, -0.2) is 4.68 Å². The molecule has 3 heterocycles. The molecule has 31 heavy (non-hydrogen) atoms. The Hall–Kier alpha value is -3.81. The minimum absolute atomic E-state index is 0.196. The number of hydrogen-bond acceptors (Lipinski definition) is 6. The number of para-hydroxylation sites is 1. The van der Waals surface area contributed by atoms with Crippen molar-refractivity contribution in [2.75, 3.05) is 23.8 Å². The second-order valence-electron chi connectivity index (χ2n) is 7.67. The van der Waals surface area contributed by atoms with Gasteiger partial charge in [0.1, 0.15) is 25.1 Å². The van der Waals surface area contributed by atoms with Gasteiger partial charge in [-0.3, -0.25) is 4.79 Å². The van der Waals surface area contributed by atoms with Crippen LogP contribution in [0.15, 0.2) is 53.7 Å². The largest absolute Gasteiger partial charge is 0.486 e. The Morgan fingerprint density at radius 2 is 1.87 bits per heavy atom. The van der Waals surface area contributed by atoms with E-state index >= 15 is 0 Å².